The second-order valence-electron chi connectivity index (χ2n) is 5.45. The molecule has 0 aliphatic carbocycles. The van der Waals surface area contributed by atoms with Crippen molar-refractivity contribution in [3.63, 3.8) is 0 Å². The molecule has 1 saturated heterocycles. The van der Waals surface area contributed by atoms with Gasteiger partial charge in [-0.1, -0.05) is 30.3 Å². The third-order valence-corrected chi connectivity index (χ3v) is 4.21. The summed E-state index contributed by atoms with van der Waals surface area (Å²) in [7, 11) is 0. The molecule has 0 unspecified atom stereocenters. The van der Waals surface area contributed by atoms with Crippen molar-refractivity contribution in [2.45, 2.75) is 38.1 Å². The van der Waals surface area contributed by atoms with Gasteiger partial charge in [0.05, 0.1) is 0 Å². The molecule has 1 aliphatic heterocycles. The minimum atomic E-state index is 0. The maximum Gasteiger partial charge on any atom is 0.00386 e. The Bertz CT molecular complexity index is 343. The number of hydrogen-bond acceptors (Lipinski definition) is 1. The summed E-state index contributed by atoms with van der Waals surface area (Å²) in [5.41, 5.74) is 9.40. The second kappa shape index (κ2) is 7.39. The predicted molar refractivity (Wildman–Crippen MR) is 73.3 cm³/mol. The largest absolute Gasteiger partial charge is 0.677 e. The zero-order valence-corrected chi connectivity index (χ0v) is 16.3. The van der Waals surface area contributed by atoms with Crippen molar-refractivity contribution < 1.29 is 44.1 Å². The molecule has 2 rings (SSSR count). The summed E-state index contributed by atoms with van der Waals surface area (Å²) in [5, 5.41) is 0. The third-order valence-electron chi connectivity index (χ3n) is 4.21. The van der Waals surface area contributed by atoms with Gasteiger partial charge in [0.2, 0.25) is 0 Å². The molecule has 1 aliphatic rings. The van der Waals surface area contributed by atoms with Gasteiger partial charge in [-0.05, 0) is 50.8 Å². The van der Waals surface area contributed by atoms with E-state index in [0.29, 0.717) is 12.6 Å². The van der Waals surface area contributed by atoms with Crippen LogP contribution in [0.1, 0.15) is 32.3 Å². The summed E-state index contributed by atoms with van der Waals surface area (Å²) in [4.78, 5) is 2.52. The van der Waals surface area contributed by atoms with E-state index in [1.54, 1.807) is 0 Å². The number of likely N-dealkylation sites (tertiary alicyclic amines) is 1. The predicted octanol–water partition coefficient (Wildman–Crippen LogP) is 3.48. The molecule has 0 amide bonds. The molecule has 0 saturated carbocycles. The molecule has 1 aromatic carbocycles. The van der Waals surface area contributed by atoms with Gasteiger partial charge in [-0.2, -0.15) is 0 Å². The Morgan fingerprint density at radius 3 is 2.17 bits per heavy atom. The zero-order valence-electron chi connectivity index (χ0n) is 11.5. The fourth-order valence-electron chi connectivity index (χ4n) is 2.83. The van der Waals surface area contributed by atoms with Crippen LogP contribution in [0.4, 0.5) is 0 Å². The van der Waals surface area contributed by atoms with Gasteiger partial charge >= 0.3 is 0 Å². The van der Waals surface area contributed by atoms with Crippen molar-refractivity contribution in [2.24, 2.45) is 0 Å². The molecule has 1 aromatic rings. The van der Waals surface area contributed by atoms with E-state index in [2.05, 4.69) is 49.1 Å². The average Bonchev–Trinajstić information content (AvgIpc) is 2.40. The number of nitrogens with zero attached hydrogens (tertiary/aromatic N) is 1. The molecule has 1 radical (unpaired) electrons. The van der Waals surface area contributed by atoms with Gasteiger partial charge in [-0.3, -0.25) is 0 Å². The van der Waals surface area contributed by atoms with E-state index < -0.39 is 0 Å². The molecular formula is C15H23AcN2-. The Balaban J connectivity index is 0.00000162. The van der Waals surface area contributed by atoms with E-state index in [1.807, 2.05) is 0 Å². The summed E-state index contributed by atoms with van der Waals surface area (Å²) < 4.78 is 0. The van der Waals surface area contributed by atoms with Crippen LogP contribution in [0, 0.1) is 44.1 Å². The van der Waals surface area contributed by atoms with Crippen LogP contribution < -0.4 is 0 Å². The van der Waals surface area contributed by atoms with Gasteiger partial charge in [0.15, 0.2) is 0 Å². The van der Waals surface area contributed by atoms with Crippen molar-refractivity contribution in [2.75, 3.05) is 19.6 Å². The van der Waals surface area contributed by atoms with Gasteiger partial charge < -0.3 is 10.6 Å². The van der Waals surface area contributed by atoms with Gasteiger partial charge in [-0.25, -0.2) is 0 Å². The van der Waals surface area contributed by atoms with E-state index in [1.165, 1.54) is 5.56 Å². The Kier molecular flexibility index (Phi) is 6.83. The van der Waals surface area contributed by atoms with Crippen LogP contribution in [-0.4, -0.2) is 30.6 Å². The van der Waals surface area contributed by atoms with Crippen LogP contribution in [-0.2, 0) is 5.41 Å². The molecule has 3 heteroatoms. The molecule has 97 valence electrons. The molecule has 2 nitrogen and oxygen atoms in total. The molecule has 0 spiro atoms. The molecule has 1 N–H and O–H groups in total. The first-order chi connectivity index (χ1) is 8.18. The SMILES string of the molecule is CC(C)N1CCC(C[NH-])(c2ccccc2)CC1.[Ac]. The van der Waals surface area contributed by atoms with Crippen molar-refractivity contribution in [1.82, 2.24) is 4.90 Å². The summed E-state index contributed by atoms with van der Waals surface area (Å²) in [6.45, 7) is 7.30. The Morgan fingerprint density at radius 1 is 1.17 bits per heavy atom. The second-order valence-corrected chi connectivity index (χ2v) is 5.45. The summed E-state index contributed by atoms with van der Waals surface area (Å²) in [6.07, 6.45) is 2.25. The number of benzene rings is 1. The van der Waals surface area contributed by atoms with Gasteiger partial charge in [0.1, 0.15) is 0 Å². The summed E-state index contributed by atoms with van der Waals surface area (Å²) in [6, 6.07) is 11.3. The van der Waals surface area contributed by atoms with Crippen LogP contribution in [0.5, 0.6) is 0 Å². The van der Waals surface area contributed by atoms with E-state index in [4.69, 9.17) is 5.73 Å². The number of rotatable bonds is 3. The number of nitrogens with one attached hydrogen (secondary N) is 1. The first-order valence-electron chi connectivity index (χ1n) is 6.62. The smallest absolute Gasteiger partial charge is 0.00386 e. The normalized spacial score (nSPS) is 19.6. The zero-order chi connectivity index (χ0) is 12.3. The average molecular weight is 458 g/mol. The van der Waals surface area contributed by atoms with E-state index in [-0.39, 0.29) is 49.5 Å². The fraction of sp³-hybridized carbons (Fsp3) is 0.600. The summed E-state index contributed by atoms with van der Waals surface area (Å²) >= 11 is 0. The van der Waals surface area contributed by atoms with Crippen molar-refractivity contribution >= 4 is 0 Å². The number of piperidine rings is 1. The topological polar surface area (TPSA) is 27.0 Å². The molecule has 1 fully saturated rings. The Morgan fingerprint density at radius 2 is 1.72 bits per heavy atom. The van der Waals surface area contributed by atoms with E-state index in [0.717, 1.165) is 25.9 Å². The van der Waals surface area contributed by atoms with Gasteiger partial charge in [0, 0.05) is 50.1 Å². The van der Waals surface area contributed by atoms with E-state index >= 15 is 0 Å². The standard InChI is InChI=1S/C15H23N2.Ac/c1-13(2)17-10-8-15(12-16,9-11-17)14-6-4-3-5-7-14;/h3-7,13,16H,8-12H2,1-2H3;/q-1;. The monoisotopic (exact) mass is 458 g/mol. The van der Waals surface area contributed by atoms with E-state index in [9.17, 15) is 0 Å². The molecule has 1 heterocycles. The fourth-order valence-corrected chi connectivity index (χ4v) is 2.83. The van der Waals surface area contributed by atoms with Crippen LogP contribution in [0.2, 0.25) is 0 Å². The molecular weight excluding hydrogens is 435 g/mol. The molecule has 0 bridgehead atoms. The van der Waals surface area contributed by atoms with Crippen molar-refractivity contribution in [3.05, 3.63) is 41.6 Å². The van der Waals surface area contributed by atoms with Crippen molar-refractivity contribution in [3.8, 4) is 0 Å². The Hall–Kier alpha value is 0.582. The maximum atomic E-state index is 7.94. The first kappa shape index (κ1) is 16.6. The molecule has 18 heavy (non-hydrogen) atoms. The maximum absolute atomic E-state index is 7.94. The quantitative estimate of drug-likeness (QED) is 0.682. The van der Waals surface area contributed by atoms with Crippen LogP contribution >= 0.6 is 0 Å². The minimum absolute atomic E-state index is 0. The summed E-state index contributed by atoms with van der Waals surface area (Å²) in [5.74, 6) is 0. The molecule has 0 aromatic heterocycles. The first-order valence-corrected chi connectivity index (χ1v) is 6.62. The van der Waals surface area contributed by atoms with Crippen LogP contribution in [0.3, 0.4) is 0 Å². The van der Waals surface area contributed by atoms with Crippen LogP contribution in [0.15, 0.2) is 30.3 Å². The number of hydrogen-bond donors (Lipinski definition) is 0. The Labute approximate surface area is 147 Å². The van der Waals surface area contributed by atoms with Gasteiger partial charge in [-0.15, -0.1) is 6.54 Å². The van der Waals surface area contributed by atoms with Crippen molar-refractivity contribution in [1.29, 1.82) is 0 Å². The third kappa shape index (κ3) is 3.57. The minimum Gasteiger partial charge on any atom is -0.677 e. The molecule has 0 atom stereocenters. The van der Waals surface area contributed by atoms with Crippen LogP contribution in [0.25, 0.3) is 5.73 Å². The van der Waals surface area contributed by atoms with Gasteiger partial charge in [0.25, 0.3) is 0 Å².